The van der Waals surface area contributed by atoms with Crippen LogP contribution in [0, 0.1) is 12.8 Å². The molecule has 192 valence electrons. The average Bonchev–Trinajstić information content (AvgIpc) is 2.84. The number of hydrogen-bond acceptors (Lipinski definition) is 2. The van der Waals surface area contributed by atoms with Crippen molar-refractivity contribution in [2.24, 2.45) is 5.92 Å². The first-order valence-corrected chi connectivity index (χ1v) is 14.1. The van der Waals surface area contributed by atoms with Gasteiger partial charge in [0.25, 0.3) is 0 Å². The number of aryl methyl sites for hydroxylation is 1. The molecule has 5 nitrogen and oxygen atoms in total. The molecule has 3 N–H and O–H groups in total. The van der Waals surface area contributed by atoms with Crippen LogP contribution in [0.3, 0.4) is 0 Å². The second-order valence-corrected chi connectivity index (χ2v) is 10.1. The van der Waals surface area contributed by atoms with Crippen LogP contribution in [-0.2, 0) is 4.79 Å². The van der Waals surface area contributed by atoms with E-state index < -0.39 is 0 Å². The molecule has 5 heteroatoms. The minimum atomic E-state index is -0.165. The van der Waals surface area contributed by atoms with Crippen LogP contribution in [0.25, 0.3) is 0 Å². The Hall–Kier alpha value is -2.04. The van der Waals surface area contributed by atoms with Crippen molar-refractivity contribution in [3.05, 3.63) is 23.8 Å². The molecular formula is C29H49N3O2. The molecule has 0 atom stereocenters. The molecule has 1 aliphatic carbocycles. The summed E-state index contributed by atoms with van der Waals surface area (Å²) in [6, 6.07) is 5.49. The summed E-state index contributed by atoms with van der Waals surface area (Å²) >= 11 is 0. The molecule has 1 aromatic carbocycles. The summed E-state index contributed by atoms with van der Waals surface area (Å²) in [6.07, 6.45) is 21.3. The van der Waals surface area contributed by atoms with Crippen LogP contribution in [0.4, 0.5) is 16.2 Å². The standard InChI is InChI=1S/C29H49N3O2/c1-3-4-5-6-7-8-9-10-11-12-13-17-22-30-29(34)31-26-20-21-27(24(2)23-26)32-28(33)25-18-15-14-16-19-25/h20-21,23,25H,3-19,22H2,1-2H3,(H,32,33)(H2,30,31,34). The number of carbonyl (C=O) groups excluding carboxylic acids is 2. The van der Waals surface area contributed by atoms with E-state index in [1.54, 1.807) is 0 Å². The van der Waals surface area contributed by atoms with E-state index in [4.69, 9.17) is 0 Å². The first-order valence-electron chi connectivity index (χ1n) is 14.1. The number of hydrogen-bond donors (Lipinski definition) is 3. The van der Waals surface area contributed by atoms with Crippen molar-refractivity contribution in [2.45, 2.75) is 123 Å². The Morgan fingerprint density at radius 1 is 0.794 bits per heavy atom. The molecular weight excluding hydrogens is 422 g/mol. The molecule has 0 spiro atoms. The fourth-order valence-electron chi connectivity index (χ4n) is 4.82. The van der Waals surface area contributed by atoms with Crippen molar-refractivity contribution in [3.63, 3.8) is 0 Å². The molecule has 0 radical (unpaired) electrons. The first kappa shape index (κ1) is 28.2. The minimum Gasteiger partial charge on any atom is -0.338 e. The van der Waals surface area contributed by atoms with E-state index in [9.17, 15) is 9.59 Å². The normalized spacial score (nSPS) is 14.1. The number of carbonyl (C=O) groups is 2. The van der Waals surface area contributed by atoms with Gasteiger partial charge in [-0.25, -0.2) is 4.79 Å². The van der Waals surface area contributed by atoms with Crippen molar-refractivity contribution in [1.29, 1.82) is 0 Å². The van der Waals surface area contributed by atoms with Crippen molar-refractivity contribution in [2.75, 3.05) is 17.2 Å². The molecule has 1 aliphatic rings. The Morgan fingerprint density at radius 3 is 1.97 bits per heavy atom. The Balaban J connectivity index is 1.52. The number of nitrogens with one attached hydrogen (secondary N) is 3. The lowest BCUT2D eigenvalue weighted by molar-refractivity contribution is -0.120. The summed E-state index contributed by atoms with van der Waals surface area (Å²) in [5.41, 5.74) is 2.54. The second-order valence-electron chi connectivity index (χ2n) is 10.1. The number of urea groups is 1. The van der Waals surface area contributed by atoms with Crippen LogP contribution in [-0.4, -0.2) is 18.5 Å². The van der Waals surface area contributed by atoms with E-state index in [0.717, 1.165) is 49.0 Å². The highest BCUT2D eigenvalue weighted by Crippen LogP contribution is 2.26. The van der Waals surface area contributed by atoms with Gasteiger partial charge >= 0.3 is 6.03 Å². The molecule has 0 saturated heterocycles. The second kappa shape index (κ2) is 17.4. The summed E-state index contributed by atoms with van der Waals surface area (Å²) in [5, 5.41) is 8.94. The first-order chi connectivity index (χ1) is 16.6. The van der Waals surface area contributed by atoms with Gasteiger partial charge < -0.3 is 16.0 Å². The molecule has 0 aromatic heterocycles. The number of amides is 3. The SMILES string of the molecule is CCCCCCCCCCCCCCNC(=O)Nc1ccc(NC(=O)C2CCCCC2)c(C)c1. The highest BCUT2D eigenvalue weighted by atomic mass is 16.2. The number of anilines is 2. The van der Waals surface area contributed by atoms with Gasteiger partial charge in [-0.15, -0.1) is 0 Å². The van der Waals surface area contributed by atoms with Crippen LogP contribution in [0.1, 0.15) is 122 Å². The molecule has 1 aromatic rings. The Labute approximate surface area is 208 Å². The lowest BCUT2D eigenvalue weighted by Gasteiger charge is -2.21. The van der Waals surface area contributed by atoms with Gasteiger partial charge in [0, 0.05) is 23.8 Å². The highest BCUT2D eigenvalue weighted by molar-refractivity contribution is 5.94. The summed E-state index contributed by atoms with van der Waals surface area (Å²) in [5.74, 6) is 0.265. The van der Waals surface area contributed by atoms with Crippen LogP contribution < -0.4 is 16.0 Å². The topological polar surface area (TPSA) is 70.2 Å². The molecule has 3 amide bonds. The molecule has 0 unspecified atom stereocenters. The van der Waals surface area contributed by atoms with Gasteiger partial charge in [-0.05, 0) is 49.9 Å². The Morgan fingerprint density at radius 2 is 1.38 bits per heavy atom. The van der Waals surface area contributed by atoms with Gasteiger partial charge in [0.2, 0.25) is 5.91 Å². The monoisotopic (exact) mass is 471 g/mol. The molecule has 0 heterocycles. The van der Waals surface area contributed by atoms with Crippen LogP contribution in [0.2, 0.25) is 0 Å². The van der Waals surface area contributed by atoms with Crippen molar-refractivity contribution >= 4 is 23.3 Å². The minimum absolute atomic E-state index is 0.128. The zero-order valence-corrected chi connectivity index (χ0v) is 21.9. The van der Waals surface area contributed by atoms with Crippen LogP contribution in [0.5, 0.6) is 0 Å². The van der Waals surface area contributed by atoms with E-state index in [-0.39, 0.29) is 17.9 Å². The summed E-state index contributed by atoms with van der Waals surface area (Å²) in [4.78, 5) is 24.7. The smallest absolute Gasteiger partial charge is 0.319 e. The molecule has 1 saturated carbocycles. The Bertz CT molecular complexity index is 713. The lowest BCUT2D eigenvalue weighted by Crippen LogP contribution is -2.29. The van der Waals surface area contributed by atoms with Crippen molar-refractivity contribution < 1.29 is 9.59 Å². The van der Waals surface area contributed by atoms with E-state index in [2.05, 4.69) is 22.9 Å². The number of rotatable bonds is 16. The van der Waals surface area contributed by atoms with Gasteiger partial charge in [-0.3, -0.25) is 4.79 Å². The van der Waals surface area contributed by atoms with Gasteiger partial charge in [0.05, 0.1) is 0 Å². The summed E-state index contributed by atoms with van der Waals surface area (Å²) in [7, 11) is 0. The third kappa shape index (κ3) is 11.9. The van der Waals surface area contributed by atoms with Crippen LogP contribution >= 0.6 is 0 Å². The maximum Gasteiger partial charge on any atom is 0.319 e. The highest BCUT2D eigenvalue weighted by Gasteiger charge is 2.21. The summed E-state index contributed by atoms with van der Waals surface area (Å²) < 4.78 is 0. The quantitative estimate of drug-likeness (QED) is 0.212. The van der Waals surface area contributed by atoms with E-state index in [1.165, 1.54) is 77.0 Å². The fourth-order valence-corrected chi connectivity index (χ4v) is 4.82. The lowest BCUT2D eigenvalue weighted by atomic mass is 9.88. The predicted octanol–water partition coefficient (Wildman–Crippen LogP) is 8.34. The van der Waals surface area contributed by atoms with E-state index in [1.807, 2.05) is 25.1 Å². The molecule has 1 fully saturated rings. The number of benzene rings is 1. The average molecular weight is 472 g/mol. The van der Waals surface area contributed by atoms with Gasteiger partial charge in [0.1, 0.15) is 0 Å². The molecule has 0 bridgehead atoms. The molecule has 0 aliphatic heterocycles. The zero-order chi connectivity index (χ0) is 24.4. The maximum atomic E-state index is 12.5. The fraction of sp³-hybridized carbons (Fsp3) is 0.724. The third-order valence-electron chi connectivity index (χ3n) is 7.03. The Kier molecular flexibility index (Phi) is 14.4. The largest absolute Gasteiger partial charge is 0.338 e. The molecule has 2 rings (SSSR count). The van der Waals surface area contributed by atoms with Crippen molar-refractivity contribution in [3.8, 4) is 0 Å². The molecule has 34 heavy (non-hydrogen) atoms. The third-order valence-corrected chi connectivity index (χ3v) is 7.03. The maximum absolute atomic E-state index is 12.5. The predicted molar refractivity (Wildman–Crippen MR) is 144 cm³/mol. The van der Waals surface area contributed by atoms with Crippen molar-refractivity contribution in [1.82, 2.24) is 5.32 Å². The summed E-state index contributed by atoms with van der Waals surface area (Å²) in [6.45, 7) is 4.94. The van der Waals surface area contributed by atoms with E-state index in [0.29, 0.717) is 6.54 Å². The number of unbranched alkanes of at least 4 members (excludes halogenated alkanes) is 11. The van der Waals surface area contributed by atoms with Crippen LogP contribution in [0.15, 0.2) is 18.2 Å². The van der Waals surface area contributed by atoms with Gasteiger partial charge in [0.15, 0.2) is 0 Å². The van der Waals surface area contributed by atoms with Gasteiger partial charge in [-0.1, -0.05) is 96.8 Å². The van der Waals surface area contributed by atoms with Gasteiger partial charge in [-0.2, -0.15) is 0 Å². The van der Waals surface area contributed by atoms with E-state index >= 15 is 0 Å². The zero-order valence-electron chi connectivity index (χ0n) is 21.9.